The summed E-state index contributed by atoms with van der Waals surface area (Å²) in [5.41, 5.74) is 0.00110. The summed E-state index contributed by atoms with van der Waals surface area (Å²) in [5.74, 6) is 0.277. The molecule has 0 aliphatic carbocycles. The Morgan fingerprint density at radius 3 is 2.56 bits per heavy atom. The lowest BCUT2D eigenvalue weighted by atomic mass is 10.0. The molecular weight excluding hydrogens is 463 g/mol. The number of para-hydroxylation sites is 1. The number of ether oxygens (including phenoxy) is 2. The van der Waals surface area contributed by atoms with Gasteiger partial charge >= 0.3 is 11.3 Å². The molecule has 0 saturated heterocycles. The molecule has 5 aromatic rings. The Morgan fingerprint density at radius 1 is 0.941 bits per heavy atom. The highest BCUT2D eigenvalue weighted by molar-refractivity contribution is 6.31. The maximum Gasteiger partial charge on any atom is 0.344 e. The van der Waals surface area contributed by atoms with Crippen molar-refractivity contribution in [3.8, 4) is 22.6 Å². The normalized spacial score (nSPS) is 11.1. The van der Waals surface area contributed by atoms with Crippen molar-refractivity contribution in [3.63, 3.8) is 0 Å². The van der Waals surface area contributed by atoms with Gasteiger partial charge in [-0.05, 0) is 36.4 Å². The summed E-state index contributed by atoms with van der Waals surface area (Å²) in [4.78, 5) is 25.1. The maximum atomic E-state index is 14.0. The number of halogens is 2. The van der Waals surface area contributed by atoms with Gasteiger partial charge in [0.1, 0.15) is 23.8 Å². The number of benzene rings is 3. The predicted octanol–water partition coefficient (Wildman–Crippen LogP) is 5.95. The highest BCUT2D eigenvalue weighted by atomic mass is 35.5. The summed E-state index contributed by atoms with van der Waals surface area (Å²) in [6.07, 6.45) is 0. The molecule has 0 fully saturated rings. The molecule has 0 aliphatic heterocycles. The highest BCUT2D eigenvalue weighted by Crippen LogP contribution is 2.32. The molecule has 0 saturated carbocycles. The van der Waals surface area contributed by atoms with Gasteiger partial charge in [0.25, 0.3) is 0 Å². The molecule has 2 heterocycles. The van der Waals surface area contributed by atoms with Crippen LogP contribution in [-0.2, 0) is 6.61 Å². The maximum absolute atomic E-state index is 14.0. The van der Waals surface area contributed by atoms with E-state index in [0.29, 0.717) is 33.4 Å². The van der Waals surface area contributed by atoms with E-state index in [9.17, 15) is 14.0 Å². The highest BCUT2D eigenvalue weighted by Gasteiger charge is 2.16. The Hall–Kier alpha value is -4.10. The lowest BCUT2D eigenvalue weighted by molar-refractivity contribution is 0.300. The van der Waals surface area contributed by atoms with Crippen molar-refractivity contribution in [1.82, 2.24) is 0 Å². The van der Waals surface area contributed by atoms with Crippen molar-refractivity contribution in [2.45, 2.75) is 6.61 Å². The fourth-order valence-corrected chi connectivity index (χ4v) is 3.97. The smallest absolute Gasteiger partial charge is 0.344 e. The Bertz CT molecular complexity index is 1650. The largest absolute Gasteiger partial charge is 0.493 e. The van der Waals surface area contributed by atoms with E-state index in [4.69, 9.17) is 29.9 Å². The van der Waals surface area contributed by atoms with Crippen LogP contribution in [0.4, 0.5) is 4.39 Å². The molecule has 0 aliphatic rings. The minimum absolute atomic E-state index is 0.114. The van der Waals surface area contributed by atoms with Crippen molar-refractivity contribution in [2.75, 3.05) is 7.11 Å². The van der Waals surface area contributed by atoms with Crippen molar-refractivity contribution < 1.29 is 22.7 Å². The molecule has 5 rings (SSSR count). The van der Waals surface area contributed by atoms with Gasteiger partial charge in [0.2, 0.25) is 0 Å². The van der Waals surface area contributed by atoms with E-state index in [1.54, 1.807) is 42.5 Å². The van der Waals surface area contributed by atoms with Crippen molar-refractivity contribution in [2.24, 2.45) is 0 Å². The molecule has 0 unspecified atom stereocenters. The quantitative estimate of drug-likeness (QED) is 0.291. The molecule has 0 N–H and O–H groups in total. The number of hydrogen-bond donors (Lipinski definition) is 0. The zero-order valence-corrected chi connectivity index (χ0v) is 18.5. The summed E-state index contributed by atoms with van der Waals surface area (Å²) in [6, 6.07) is 17.3. The van der Waals surface area contributed by atoms with Crippen molar-refractivity contribution in [3.05, 3.63) is 104 Å². The molecular formula is C26H16ClFO6. The summed E-state index contributed by atoms with van der Waals surface area (Å²) in [6.45, 7) is -0.114. The second-order valence-corrected chi connectivity index (χ2v) is 7.86. The Morgan fingerprint density at radius 2 is 1.76 bits per heavy atom. The summed E-state index contributed by atoms with van der Waals surface area (Å²) in [7, 11) is 1.48. The van der Waals surface area contributed by atoms with Gasteiger partial charge < -0.3 is 18.3 Å². The van der Waals surface area contributed by atoms with Gasteiger partial charge in [-0.2, -0.15) is 0 Å². The third-order valence-corrected chi connectivity index (χ3v) is 5.75. The summed E-state index contributed by atoms with van der Waals surface area (Å²) < 4.78 is 35.8. The van der Waals surface area contributed by atoms with Gasteiger partial charge in [0.15, 0.2) is 11.3 Å². The molecule has 0 atom stereocenters. The van der Waals surface area contributed by atoms with Crippen LogP contribution in [0.1, 0.15) is 5.56 Å². The lowest BCUT2D eigenvalue weighted by Gasteiger charge is -2.11. The van der Waals surface area contributed by atoms with E-state index in [1.807, 2.05) is 0 Å². The molecule has 3 aromatic carbocycles. The Balaban J connectivity index is 1.58. The van der Waals surface area contributed by atoms with Crippen LogP contribution in [0, 0.1) is 5.82 Å². The monoisotopic (exact) mass is 478 g/mol. The predicted molar refractivity (Wildman–Crippen MR) is 126 cm³/mol. The number of fused-ring (bicyclic) bond motifs is 2. The van der Waals surface area contributed by atoms with Crippen LogP contribution in [0.5, 0.6) is 11.5 Å². The topological polar surface area (TPSA) is 78.9 Å². The van der Waals surface area contributed by atoms with Crippen LogP contribution in [0.25, 0.3) is 33.1 Å². The molecule has 0 bridgehead atoms. The van der Waals surface area contributed by atoms with Gasteiger partial charge in [-0.1, -0.05) is 29.8 Å². The third-order valence-electron chi connectivity index (χ3n) is 5.39. The average molecular weight is 479 g/mol. The SMILES string of the molecule is COc1cccc2cc(-c3cc(=O)oc4cc(OCc5c(F)cccc5Cl)ccc34)c(=O)oc12. The number of hydrogen-bond acceptors (Lipinski definition) is 6. The molecule has 0 spiro atoms. The van der Waals surface area contributed by atoms with E-state index in [0.717, 1.165) is 0 Å². The standard InChI is InChI=1S/C26H16ClFO6/c1-31-22-7-2-4-14-10-18(26(30)34-25(14)22)17-12-24(29)33-23-11-15(8-9-16(17)23)32-13-19-20(27)5-3-6-21(19)28/h2-12H,13H2,1H3. The third kappa shape index (κ3) is 3.91. The summed E-state index contributed by atoms with van der Waals surface area (Å²) in [5, 5.41) is 1.39. The van der Waals surface area contributed by atoms with Gasteiger partial charge in [-0.15, -0.1) is 0 Å². The van der Waals surface area contributed by atoms with Crippen LogP contribution < -0.4 is 20.7 Å². The van der Waals surface area contributed by atoms with Crippen LogP contribution in [-0.4, -0.2) is 7.11 Å². The van der Waals surface area contributed by atoms with Crippen LogP contribution >= 0.6 is 11.6 Å². The van der Waals surface area contributed by atoms with E-state index in [-0.39, 0.29) is 28.3 Å². The first-order chi connectivity index (χ1) is 16.4. The van der Waals surface area contributed by atoms with E-state index in [1.165, 1.54) is 31.4 Å². The number of methoxy groups -OCH3 is 1. The second-order valence-electron chi connectivity index (χ2n) is 7.45. The molecule has 34 heavy (non-hydrogen) atoms. The van der Waals surface area contributed by atoms with Crippen molar-refractivity contribution in [1.29, 1.82) is 0 Å². The zero-order valence-electron chi connectivity index (χ0n) is 17.8. The van der Waals surface area contributed by atoms with Crippen LogP contribution in [0.3, 0.4) is 0 Å². The van der Waals surface area contributed by atoms with Gasteiger partial charge in [-0.25, -0.2) is 14.0 Å². The van der Waals surface area contributed by atoms with Crippen LogP contribution in [0.15, 0.2) is 85.2 Å². The summed E-state index contributed by atoms with van der Waals surface area (Å²) >= 11 is 6.05. The molecule has 170 valence electrons. The Kier molecular flexibility index (Phi) is 5.55. The molecule has 0 radical (unpaired) electrons. The molecule has 2 aromatic heterocycles. The zero-order chi connectivity index (χ0) is 23.8. The van der Waals surface area contributed by atoms with Crippen LogP contribution in [0.2, 0.25) is 5.02 Å². The minimum Gasteiger partial charge on any atom is -0.493 e. The number of rotatable bonds is 5. The lowest BCUT2D eigenvalue weighted by Crippen LogP contribution is -2.07. The average Bonchev–Trinajstić information content (AvgIpc) is 2.82. The molecule has 6 nitrogen and oxygen atoms in total. The van der Waals surface area contributed by atoms with E-state index in [2.05, 4.69) is 0 Å². The minimum atomic E-state index is -0.651. The fraction of sp³-hybridized carbons (Fsp3) is 0.0769. The second kappa shape index (κ2) is 8.68. The Labute approximate surface area is 196 Å². The van der Waals surface area contributed by atoms with E-state index < -0.39 is 17.1 Å². The molecule has 0 amide bonds. The van der Waals surface area contributed by atoms with Gasteiger partial charge in [0.05, 0.1) is 17.7 Å². The first-order valence-electron chi connectivity index (χ1n) is 10.2. The fourth-order valence-electron chi connectivity index (χ4n) is 3.75. The first-order valence-corrected chi connectivity index (χ1v) is 10.6. The molecule has 8 heteroatoms. The first kappa shape index (κ1) is 21.7. The van der Waals surface area contributed by atoms with Gasteiger partial charge in [0, 0.05) is 34.0 Å². The van der Waals surface area contributed by atoms with Gasteiger partial charge in [-0.3, -0.25) is 0 Å². The van der Waals surface area contributed by atoms with Crippen molar-refractivity contribution >= 4 is 33.5 Å². The van der Waals surface area contributed by atoms with E-state index >= 15 is 0 Å².